The number of aryl methyl sites for hydroxylation is 2. The Morgan fingerprint density at radius 1 is 1.17 bits per heavy atom. The highest BCUT2D eigenvalue weighted by atomic mass is 35.5. The van der Waals surface area contributed by atoms with E-state index in [4.69, 9.17) is 11.6 Å². The van der Waals surface area contributed by atoms with Crippen molar-refractivity contribution >= 4 is 23.2 Å². The van der Waals surface area contributed by atoms with Gasteiger partial charge in [-0.2, -0.15) is 0 Å². The monoisotopic (exact) mass is 415 g/mol. The highest BCUT2D eigenvalue weighted by Crippen LogP contribution is 2.28. The molecule has 6 heteroatoms. The van der Waals surface area contributed by atoms with Gasteiger partial charge in [-0.15, -0.1) is 0 Å². The summed E-state index contributed by atoms with van der Waals surface area (Å²) in [6, 6.07) is 5.97. The minimum Gasteiger partial charge on any atom is -0.382 e. The van der Waals surface area contributed by atoms with Crippen molar-refractivity contribution in [1.82, 2.24) is 10.3 Å². The summed E-state index contributed by atoms with van der Waals surface area (Å²) in [5.74, 6) is -0.223. The zero-order valence-electron chi connectivity index (χ0n) is 17.5. The number of benzene rings is 1. The smallest absolute Gasteiger partial charge is 0.253 e. The van der Waals surface area contributed by atoms with Crippen molar-refractivity contribution in [1.29, 1.82) is 0 Å². The lowest BCUT2D eigenvalue weighted by Gasteiger charge is -2.25. The summed E-state index contributed by atoms with van der Waals surface area (Å²) in [5, 5.41) is 7.01. The molecule has 0 radical (unpaired) electrons. The summed E-state index contributed by atoms with van der Waals surface area (Å²) in [6.07, 6.45) is 6.78. The van der Waals surface area contributed by atoms with Gasteiger partial charge in [0.15, 0.2) is 0 Å². The lowest BCUT2D eigenvalue weighted by atomic mass is 9.94. The first kappa shape index (κ1) is 21.4. The molecule has 0 atom stereocenters. The SMILES string of the molecule is CCc1cc(C)[nH]c(=O)c1CNC(=O)c1cc(Cl)cc(NC2CCCCC2)c1C. The molecule has 1 saturated carbocycles. The first-order chi connectivity index (χ1) is 13.9. The number of nitrogens with one attached hydrogen (secondary N) is 3. The number of carbonyl (C=O) groups excluding carboxylic acids is 1. The van der Waals surface area contributed by atoms with Crippen molar-refractivity contribution in [3.63, 3.8) is 0 Å². The quantitative estimate of drug-likeness (QED) is 0.629. The zero-order valence-corrected chi connectivity index (χ0v) is 18.2. The van der Waals surface area contributed by atoms with Crippen molar-refractivity contribution in [2.24, 2.45) is 0 Å². The minimum atomic E-state index is -0.223. The molecule has 0 saturated heterocycles. The van der Waals surface area contributed by atoms with Crippen LogP contribution in [0.4, 0.5) is 5.69 Å². The number of aromatic amines is 1. The minimum absolute atomic E-state index is 0.148. The molecule has 1 aliphatic carbocycles. The van der Waals surface area contributed by atoms with Crippen molar-refractivity contribution in [3.05, 3.63) is 61.5 Å². The van der Waals surface area contributed by atoms with Gasteiger partial charge in [-0.3, -0.25) is 9.59 Å². The van der Waals surface area contributed by atoms with E-state index in [0.717, 1.165) is 41.8 Å². The summed E-state index contributed by atoms with van der Waals surface area (Å²) in [5.41, 5.74) is 4.57. The maximum absolute atomic E-state index is 12.9. The van der Waals surface area contributed by atoms with Gasteiger partial charge in [-0.25, -0.2) is 0 Å². The van der Waals surface area contributed by atoms with E-state index in [2.05, 4.69) is 15.6 Å². The normalized spacial score (nSPS) is 14.6. The number of aromatic nitrogens is 1. The zero-order chi connectivity index (χ0) is 21.0. The highest BCUT2D eigenvalue weighted by Gasteiger charge is 2.18. The number of H-pyrrole nitrogens is 1. The Morgan fingerprint density at radius 2 is 1.90 bits per heavy atom. The third kappa shape index (κ3) is 5.21. The largest absolute Gasteiger partial charge is 0.382 e. The van der Waals surface area contributed by atoms with Crippen LogP contribution in [-0.4, -0.2) is 16.9 Å². The Bertz CT molecular complexity index is 946. The molecule has 0 bridgehead atoms. The Kier molecular flexibility index (Phi) is 7.01. The van der Waals surface area contributed by atoms with Gasteiger partial charge in [0.25, 0.3) is 11.5 Å². The number of pyridine rings is 1. The molecule has 1 fully saturated rings. The number of rotatable bonds is 6. The van der Waals surface area contributed by atoms with Crippen LogP contribution in [0.25, 0.3) is 0 Å². The van der Waals surface area contributed by atoms with Gasteiger partial charge in [0, 0.05) is 40.1 Å². The van der Waals surface area contributed by atoms with Crippen molar-refractivity contribution in [2.75, 3.05) is 5.32 Å². The van der Waals surface area contributed by atoms with Crippen LogP contribution in [0.2, 0.25) is 5.02 Å². The number of amides is 1. The van der Waals surface area contributed by atoms with Gasteiger partial charge in [-0.05, 0) is 62.4 Å². The number of carbonyl (C=O) groups is 1. The van der Waals surface area contributed by atoms with E-state index in [1.165, 1.54) is 19.3 Å². The van der Waals surface area contributed by atoms with Crippen LogP contribution in [0.1, 0.15) is 71.8 Å². The van der Waals surface area contributed by atoms with Gasteiger partial charge in [0.1, 0.15) is 0 Å². The Balaban J connectivity index is 1.78. The molecular weight excluding hydrogens is 386 g/mol. The predicted molar refractivity (Wildman–Crippen MR) is 119 cm³/mol. The number of hydrogen-bond acceptors (Lipinski definition) is 3. The van der Waals surface area contributed by atoms with E-state index in [1.54, 1.807) is 6.07 Å². The molecule has 0 spiro atoms. The summed E-state index contributed by atoms with van der Waals surface area (Å²) >= 11 is 6.32. The molecule has 29 heavy (non-hydrogen) atoms. The second-order valence-corrected chi connectivity index (χ2v) is 8.36. The van der Waals surface area contributed by atoms with E-state index >= 15 is 0 Å². The summed E-state index contributed by atoms with van der Waals surface area (Å²) in [4.78, 5) is 28.0. The van der Waals surface area contributed by atoms with Crippen LogP contribution in [0, 0.1) is 13.8 Å². The fraction of sp³-hybridized carbons (Fsp3) is 0.478. The van der Waals surface area contributed by atoms with Crippen LogP contribution >= 0.6 is 11.6 Å². The fourth-order valence-electron chi connectivity index (χ4n) is 4.09. The average molecular weight is 416 g/mol. The molecule has 5 nitrogen and oxygen atoms in total. The Morgan fingerprint density at radius 3 is 2.59 bits per heavy atom. The van der Waals surface area contributed by atoms with Crippen LogP contribution < -0.4 is 16.2 Å². The van der Waals surface area contributed by atoms with Crippen molar-refractivity contribution in [3.8, 4) is 0 Å². The molecular formula is C23H30ClN3O2. The Hall–Kier alpha value is -2.27. The molecule has 156 valence electrons. The first-order valence-corrected chi connectivity index (χ1v) is 10.8. The van der Waals surface area contributed by atoms with Gasteiger partial charge < -0.3 is 15.6 Å². The molecule has 3 N–H and O–H groups in total. The molecule has 0 unspecified atom stereocenters. The number of anilines is 1. The second-order valence-electron chi connectivity index (χ2n) is 7.93. The lowest BCUT2D eigenvalue weighted by Crippen LogP contribution is -2.29. The third-order valence-corrected chi connectivity index (χ3v) is 5.97. The summed E-state index contributed by atoms with van der Waals surface area (Å²) in [7, 11) is 0. The standard InChI is InChI=1S/C23H30ClN3O2/c1-4-16-10-14(2)26-23(29)20(16)13-25-22(28)19-11-17(24)12-21(15(19)3)27-18-8-6-5-7-9-18/h10-12,18,27H,4-9,13H2,1-3H3,(H,25,28)(H,26,29). The molecule has 1 aromatic heterocycles. The van der Waals surface area contributed by atoms with E-state index in [9.17, 15) is 9.59 Å². The number of hydrogen-bond donors (Lipinski definition) is 3. The molecule has 1 amide bonds. The molecule has 2 aromatic rings. The highest BCUT2D eigenvalue weighted by molar-refractivity contribution is 6.31. The van der Waals surface area contributed by atoms with E-state index in [0.29, 0.717) is 22.2 Å². The second kappa shape index (κ2) is 9.49. The van der Waals surface area contributed by atoms with Gasteiger partial charge in [0.2, 0.25) is 0 Å². The number of halogens is 1. The summed E-state index contributed by atoms with van der Waals surface area (Å²) < 4.78 is 0. The third-order valence-electron chi connectivity index (χ3n) is 5.75. The molecule has 3 rings (SSSR count). The van der Waals surface area contributed by atoms with Gasteiger partial charge >= 0.3 is 0 Å². The van der Waals surface area contributed by atoms with Crippen molar-refractivity contribution < 1.29 is 4.79 Å². The van der Waals surface area contributed by atoms with E-state index in [-0.39, 0.29) is 18.0 Å². The van der Waals surface area contributed by atoms with E-state index in [1.807, 2.05) is 32.9 Å². The predicted octanol–water partition coefficient (Wildman–Crippen LogP) is 4.88. The van der Waals surface area contributed by atoms with E-state index < -0.39 is 0 Å². The van der Waals surface area contributed by atoms with Gasteiger partial charge in [-0.1, -0.05) is 37.8 Å². The first-order valence-electron chi connectivity index (χ1n) is 10.5. The fourth-order valence-corrected chi connectivity index (χ4v) is 4.31. The van der Waals surface area contributed by atoms with Crippen LogP contribution in [0.15, 0.2) is 23.0 Å². The molecule has 1 aromatic carbocycles. The molecule has 1 heterocycles. The topological polar surface area (TPSA) is 74.0 Å². The molecule has 1 aliphatic rings. The maximum atomic E-state index is 12.9. The average Bonchev–Trinajstić information content (AvgIpc) is 2.69. The maximum Gasteiger partial charge on any atom is 0.253 e. The van der Waals surface area contributed by atoms with Crippen molar-refractivity contribution in [2.45, 2.75) is 71.9 Å². The Labute approximate surface area is 177 Å². The van der Waals surface area contributed by atoms with Crippen LogP contribution in [-0.2, 0) is 13.0 Å². The van der Waals surface area contributed by atoms with Crippen LogP contribution in [0.5, 0.6) is 0 Å². The summed E-state index contributed by atoms with van der Waals surface area (Å²) in [6.45, 7) is 5.99. The van der Waals surface area contributed by atoms with Gasteiger partial charge in [0.05, 0.1) is 0 Å². The lowest BCUT2D eigenvalue weighted by molar-refractivity contribution is 0.0950. The molecule has 0 aliphatic heterocycles. The van der Waals surface area contributed by atoms with Crippen LogP contribution in [0.3, 0.4) is 0 Å².